The van der Waals surface area contributed by atoms with Crippen LogP contribution in [0.2, 0.25) is 0 Å². The SMILES string of the molecule is CCNC(C1CCC(CC)CC1)C(OCC)C1CC1. The first-order valence-corrected chi connectivity index (χ1v) is 8.65. The van der Waals surface area contributed by atoms with Crippen molar-refractivity contribution in [2.75, 3.05) is 13.2 Å². The fourth-order valence-electron chi connectivity index (χ4n) is 3.89. The van der Waals surface area contributed by atoms with Gasteiger partial charge in [0.1, 0.15) is 0 Å². The summed E-state index contributed by atoms with van der Waals surface area (Å²) in [6.45, 7) is 8.68. The molecular formula is C17H33NO. The van der Waals surface area contributed by atoms with Gasteiger partial charge in [-0.1, -0.05) is 33.1 Å². The fourth-order valence-corrected chi connectivity index (χ4v) is 3.89. The number of hydrogen-bond acceptors (Lipinski definition) is 2. The van der Waals surface area contributed by atoms with Crippen LogP contribution in [0.3, 0.4) is 0 Å². The predicted molar refractivity (Wildman–Crippen MR) is 81.3 cm³/mol. The third-order valence-electron chi connectivity index (χ3n) is 5.22. The lowest BCUT2D eigenvalue weighted by atomic mass is 9.75. The number of ether oxygens (including phenoxy) is 1. The van der Waals surface area contributed by atoms with Crippen LogP contribution >= 0.6 is 0 Å². The number of nitrogens with one attached hydrogen (secondary N) is 1. The van der Waals surface area contributed by atoms with Gasteiger partial charge in [-0.25, -0.2) is 0 Å². The summed E-state index contributed by atoms with van der Waals surface area (Å²) in [6.07, 6.45) is 10.3. The number of rotatable bonds is 8. The van der Waals surface area contributed by atoms with E-state index in [1.54, 1.807) is 0 Å². The highest BCUT2D eigenvalue weighted by Crippen LogP contribution is 2.41. The van der Waals surface area contributed by atoms with Crippen molar-refractivity contribution >= 4 is 0 Å². The summed E-state index contributed by atoms with van der Waals surface area (Å²) in [5.41, 5.74) is 0. The van der Waals surface area contributed by atoms with Gasteiger partial charge in [0.2, 0.25) is 0 Å². The molecule has 0 bridgehead atoms. The molecule has 0 saturated heterocycles. The molecule has 2 aliphatic carbocycles. The lowest BCUT2D eigenvalue weighted by Crippen LogP contribution is -2.48. The third-order valence-corrected chi connectivity index (χ3v) is 5.22. The van der Waals surface area contributed by atoms with Crippen LogP contribution in [-0.2, 0) is 4.74 Å². The van der Waals surface area contributed by atoms with Crippen molar-refractivity contribution in [2.24, 2.45) is 17.8 Å². The maximum Gasteiger partial charge on any atom is 0.0758 e. The normalized spacial score (nSPS) is 31.1. The topological polar surface area (TPSA) is 21.3 Å². The molecule has 112 valence electrons. The Morgan fingerprint density at radius 2 is 1.58 bits per heavy atom. The first kappa shape index (κ1) is 15.3. The molecule has 2 aliphatic rings. The Labute approximate surface area is 119 Å². The summed E-state index contributed by atoms with van der Waals surface area (Å²) in [5.74, 6) is 2.68. The van der Waals surface area contributed by atoms with E-state index in [0.717, 1.165) is 30.9 Å². The molecule has 0 aromatic heterocycles. The van der Waals surface area contributed by atoms with Crippen LogP contribution in [0.15, 0.2) is 0 Å². The van der Waals surface area contributed by atoms with E-state index < -0.39 is 0 Å². The molecule has 1 N–H and O–H groups in total. The molecule has 2 heteroatoms. The van der Waals surface area contributed by atoms with Crippen molar-refractivity contribution in [2.45, 2.75) is 77.9 Å². The van der Waals surface area contributed by atoms with Crippen LogP contribution in [0.1, 0.15) is 65.7 Å². The van der Waals surface area contributed by atoms with Crippen LogP contribution in [0, 0.1) is 17.8 Å². The van der Waals surface area contributed by atoms with E-state index in [9.17, 15) is 0 Å². The second-order valence-corrected chi connectivity index (χ2v) is 6.53. The lowest BCUT2D eigenvalue weighted by Gasteiger charge is -2.38. The van der Waals surface area contributed by atoms with E-state index >= 15 is 0 Å². The molecule has 0 radical (unpaired) electrons. The summed E-state index contributed by atoms with van der Waals surface area (Å²) in [7, 11) is 0. The van der Waals surface area contributed by atoms with Gasteiger partial charge < -0.3 is 10.1 Å². The molecule has 2 saturated carbocycles. The van der Waals surface area contributed by atoms with Crippen molar-refractivity contribution in [3.8, 4) is 0 Å². The fraction of sp³-hybridized carbons (Fsp3) is 1.00. The highest BCUT2D eigenvalue weighted by Gasteiger charge is 2.40. The van der Waals surface area contributed by atoms with Crippen LogP contribution < -0.4 is 5.32 Å². The van der Waals surface area contributed by atoms with Crippen molar-refractivity contribution < 1.29 is 4.74 Å². The maximum atomic E-state index is 6.12. The first-order valence-electron chi connectivity index (χ1n) is 8.65. The molecule has 0 aromatic rings. The minimum absolute atomic E-state index is 0.480. The Morgan fingerprint density at radius 1 is 0.947 bits per heavy atom. The van der Waals surface area contributed by atoms with Crippen molar-refractivity contribution in [3.63, 3.8) is 0 Å². The summed E-state index contributed by atoms with van der Waals surface area (Å²) in [5, 5.41) is 3.77. The van der Waals surface area contributed by atoms with Gasteiger partial charge in [0.25, 0.3) is 0 Å². The van der Waals surface area contributed by atoms with Gasteiger partial charge >= 0.3 is 0 Å². The summed E-state index contributed by atoms with van der Waals surface area (Å²) < 4.78 is 6.12. The average Bonchev–Trinajstić information content (AvgIpc) is 3.27. The second-order valence-electron chi connectivity index (χ2n) is 6.53. The number of hydrogen-bond donors (Lipinski definition) is 1. The van der Waals surface area contributed by atoms with Gasteiger partial charge in [0.05, 0.1) is 6.10 Å². The zero-order chi connectivity index (χ0) is 13.7. The van der Waals surface area contributed by atoms with E-state index in [-0.39, 0.29) is 0 Å². The zero-order valence-corrected chi connectivity index (χ0v) is 13.2. The summed E-state index contributed by atoms with van der Waals surface area (Å²) in [4.78, 5) is 0. The first-order chi connectivity index (χ1) is 9.30. The van der Waals surface area contributed by atoms with Gasteiger partial charge in [0.15, 0.2) is 0 Å². The minimum atomic E-state index is 0.480. The second kappa shape index (κ2) is 7.64. The van der Waals surface area contributed by atoms with Gasteiger partial charge in [-0.3, -0.25) is 0 Å². The monoisotopic (exact) mass is 267 g/mol. The van der Waals surface area contributed by atoms with Gasteiger partial charge in [-0.05, 0) is 56.9 Å². The highest BCUT2D eigenvalue weighted by molar-refractivity contribution is 4.94. The van der Waals surface area contributed by atoms with E-state index in [2.05, 4.69) is 26.1 Å². The highest BCUT2D eigenvalue weighted by atomic mass is 16.5. The molecule has 0 heterocycles. The van der Waals surface area contributed by atoms with Crippen molar-refractivity contribution in [3.05, 3.63) is 0 Å². The Kier molecular flexibility index (Phi) is 6.15. The van der Waals surface area contributed by atoms with E-state index in [1.165, 1.54) is 44.9 Å². The van der Waals surface area contributed by atoms with Crippen LogP contribution in [0.5, 0.6) is 0 Å². The number of likely N-dealkylation sites (N-methyl/N-ethyl adjacent to an activating group) is 1. The zero-order valence-electron chi connectivity index (χ0n) is 13.2. The summed E-state index contributed by atoms with van der Waals surface area (Å²) in [6, 6.07) is 0.607. The quantitative estimate of drug-likeness (QED) is 0.718. The van der Waals surface area contributed by atoms with E-state index in [4.69, 9.17) is 4.74 Å². The molecule has 2 atom stereocenters. The molecule has 2 rings (SSSR count). The minimum Gasteiger partial charge on any atom is -0.377 e. The Balaban J connectivity index is 1.94. The van der Waals surface area contributed by atoms with E-state index in [1.807, 2.05) is 0 Å². The molecule has 0 aromatic carbocycles. The Bertz CT molecular complexity index is 244. The molecule has 2 unspecified atom stereocenters. The molecule has 2 nitrogen and oxygen atoms in total. The Morgan fingerprint density at radius 3 is 2.05 bits per heavy atom. The molecular weight excluding hydrogens is 234 g/mol. The molecule has 0 aliphatic heterocycles. The summed E-state index contributed by atoms with van der Waals surface area (Å²) >= 11 is 0. The maximum absolute atomic E-state index is 6.12. The van der Waals surface area contributed by atoms with Gasteiger partial charge in [0, 0.05) is 12.6 Å². The van der Waals surface area contributed by atoms with Crippen LogP contribution in [-0.4, -0.2) is 25.3 Å². The smallest absolute Gasteiger partial charge is 0.0758 e. The van der Waals surface area contributed by atoms with Crippen LogP contribution in [0.4, 0.5) is 0 Å². The Hall–Kier alpha value is -0.0800. The standard InChI is InChI=1S/C17H33NO/c1-4-13-7-9-14(10-8-13)16(18-5-2)17(19-6-3)15-11-12-15/h13-18H,4-12H2,1-3H3. The average molecular weight is 267 g/mol. The van der Waals surface area contributed by atoms with Crippen molar-refractivity contribution in [1.29, 1.82) is 0 Å². The lowest BCUT2D eigenvalue weighted by molar-refractivity contribution is -0.00444. The largest absolute Gasteiger partial charge is 0.377 e. The van der Waals surface area contributed by atoms with Gasteiger partial charge in [-0.2, -0.15) is 0 Å². The van der Waals surface area contributed by atoms with Crippen LogP contribution in [0.25, 0.3) is 0 Å². The molecule has 0 amide bonds. The van der Waals surface area contributed by atoms with Gasteiger partial charge in [-0.15, -0.1) is 0 Å². The van der Waals surface area contributed by atoms with Crippen molar-refractivity contribution in [1.82, 2.24) is 5.32 Å². The predicted octanol–water partition coefficient (Wildman–Crippen LogP) is 4.00. The molecule has 0 spiro atoms. The third kappa shape index (κ3) is 4.19. The molecule has 19 heavy (non-hydrogen) atoms. The molecule has 2 fully saturated rings. The van der Waals surface area contributed by atoms with E-state index in [0.29, 0.717) is 12.1 Å².